The Labute approximate surface area is 124 Å². The second-order valence-electron chi connectivity index (χ2n) is 4.65. The lowest BCUT2D eigenvalue weighted by Gasteiger charge is -2.25. The summed E-state index contributed by atoms with van der Waals surface area (Å²) in [5, 5.41) is 9.34. The van der Waals surface area contributed by atoms with E-state index >= 15 is 0 Å². The molecule has 3 N–H and O–H groups in total. The molecule has 0 radical (unpaired) electrons. The van der Waals surface area contributed by atoms with E-state index < -0.39 is 11.5 Å². The molecule has 0 aliphatic carbocycles. The molecular weight excluding hydrogens is 274 g/mol. The second-order valence-corrected chi connectivity index (χ2v) is 4.65. The molecule has 118 valence electrons. The Bertz CT molecular complexity index is 412. The molecule has 0 aliphatic rings. The number of nitrogens with two attached hydrogens (primary N) is 1. The van der Waals surface area contributed by atoms with E-state index in [4.69, 9.17) is 19.9 Å². The minimum absolute atomic E-state index is 0.103. The smallest absolute Gasteiger partial charge is 0.330 e. The zero-order chi connectivity index (χ0) is 15.6. The van der Waals surface area contributed by atoms with Crippen LogP contribution in [0.2, 0.25) is 0 Å². The monoisotopic (exact) mass is 297 g/mol. The fraction of sp³-hybridized carbons (Fsp3) is 0.533. The molecule has 1 aromatic carbocycles. The van der Waals surface area contributed by atoms with Crippen LogP contribution in [0.25, 0.3) is 0 Å². The lowest BCUT2D eigenvalue weighted by atomic mass is 9.92. The molecule has 0 aromatic heterocycles. The summed E-state index contributed by atoms with van der Waals surface area (Å²) in [5.74, 6) is -1.12. The molecule has 0 spiro atoms. The van der Waals surface area contributed by atoms with Gasteiger partial charge in [-0.05, 0) is 12.0 Å². The third-order valence-corrected chi connectivity index (χ3v) is 3.01. The van der Waals surface area contributed by atoms with E-state index in [9.17, 15) is 9.90 Å². The summed E-state index contributed by atoms with van der Waals surface area (Å²) in [7, 11) is 1.64. The maximum atomic E-state index is 11.4. The number of rotatable bonds is 11. The summed E-state index contributed by atoms with van der Waals surface area (Å²) in [4.78, 5) is 11.4. The first-order valence-electron chi connectivity index (χ1n) is 6.83. The number of aliphatic carboxylic acids is 1. The topological polar surface area (TPSA) is 91.0 Å². The second kappa shape index (κ2) is 9.46. The lowest BCUT2D eigenvalue weighted by molar-refractivity contribution is -0.146. The van der Waals surface area contributed by atoms with E-state index in [1.165, 1.54) is 0 Å². The standard InChI is InChI=1S/C15H23NO5/c1-19-8-5-9-20-10-11-21-12-15(16,14(17)18)13-6-3-2-4-7-13/h2-4,6-7H,5,8-12,16H2,1H3,(H,17,18). The van der Waals surface area contributed by atoms with E-state index in [-0.39, 0.29) is 6.61 Å². The summed E-state index contributed by atoms with van der Waals surface area (Å²) >= 11 is 0. The molecular formula is C15H23NO5. The van der Waals surface area contributed by atoms with Crippen molar-refractivity contribution in [1.82, 2.24) is 0 Å². The van der Waals surface area contributed by atoms with Gasteiger partial charge in [0.1, 0.15) is 0 Å². The van der Waals surface area contributed by atoms with Crippen molar-refractivity contribution in [2.75, 3.05) is 40.1 Å². The number of methoxy groups -OCH3 is 1. The van der Waals surface area contributed by atoms with Gasteiger partial charge in [-0.3, -0.25) is 0 Å². The number of hydrogen-bond acceptors (Lipinski definition) is 5. The van der Waals surface area contributed by atoms with Crippen molar-refractivity contribution in [3.8, 4) is 0 Å². The van der Waals surface area contributed by atoms with E-state index in [2.05, 4.69) is 0 Å². The molecule has 6 nitrogen and oxygen atoms in total. The number of carboxylic acid groups (broad SMARTS) is 1. The van der Waals surface area contributed by atoms with Crippen LogP contribution in [-0.4, -0.2) is 51.2 Å². The summed E-state index contributed by atoms with van der Waals surface area (Å²) in [6, 6.07) is 8.66. The average Bonchev–Trinajstić information content (AvgIpc) is 2.50. The van der Waals surface area contributed by atoms with Crippen LogP contribution >= 0.6 is 0 Å². The summed E-state index contributed by atoms with van der Waals surface area (Å²) < 4.78 is 15.6. The highest BCUT2D eigenvalue weighted by Crippen LogP contribution is 2.18. The third-order valence-electron chi connectivity index (χ3n) is 3.01. The van der Waals surface area contributed by atoms with E-state index in [1.54, 1.807) is 37.4 Å². The van der Waals surface area contributed by atoms with Crippen molar-refractivity contribution in [2.24, 2.45) is 5.73 Å². The van der Waals surface area contributed by atoms with Gasteiger partial charge in [-0.1, -0.05) is 30.3 Å². The van der Waals surface area contributed by atoms with Crippen LogP contribution < -0.4 is 5.73 Å². The number of carbonyl (C=O) groups is 1. The Morgan fingerprint density at radius 2 is 1.81 bits per heavy atom. The molecule has 0 saturated heterocycles. The first-order valence-corrected chi connectivity index (χ1v) is 6.83. The van der Waals surface area contributed by atoms with Gasteiger partial charge >= 0.3 is 5.97 Å². The normalized spacial score (nSPS) is 13.8. The highest BCUT2D eigenvalue weighted by Gasteiger charge is 2.36. The average molecular weight is 297 g/mol. The van der Waals surface area contributed by atoms with E-state index in [0.29, 0.717) is 32.0 Å². The predicted molar refractivity (Wildman–Crippen MR) is 78.1 cm³/mol. The zero-order valence-corrected chi connectivity index (χ0v) is 12.3. The molecule has 1 atom stereocenters. The maximum absolute atomic E-state index is 11.4. The van der Waals surface area contributed by atoms with E-state index in [1.807, 2.05) is 0 Å². The number of hydrogen-bond donors (Lipinski definition) is 2. The van der Waals surface area contributed by atoms with Crippen LogP contribution in [0.5, 0.6) is 0 Å². The Morgan fingerprint density at radius 1 is 1.14 bits per heavy atom. The largest absolute Gasteiger partial charge is 0.480 e. The molecule has 6 heteroatoms. The first kappa shape index (κ1) is 17.6. The molecule has 1 rings (SSSR count). The Morgan fingerprint density at radius 3 is 2.43 bits per heavy atom. The zero-order valence-electron chi connectivity index (χ0n) is 12.3. The Balaban J connectivity index is 2.34. The van der Waals surface area contributed by atoms with Crippen LogP contribution in [0.15, 0.2) is 30.3 Å². The third kappa shape index (κ3) is 5.81. The lowest BCUT2D eigenvalue weighted by Crippen LogP contribution is -2.49. The molecule has 0 fully saturated rings. The van der Waals surface area contributed by atoms with Crippen molar-refractivity contribution in [3.05, 3.63) is 35.9 Å². The van der Waals surface area contributed by atoms with Crippen molar-refractivity contribution >= 4 is 5.97 Å². The van der Waals surface area contributed by atoms with Crippen LogP contribution in [0.1, 0.15) is 12.0 Å². The number of ether oxygens (including phenoxy) is 3. The highest BCUT2D eigenvalue weighted by atomic mass is 16.5. The van der Waals surface area contributed by atoms with Gasteiger partial charge in [0, 0.05) is 20.3 Å². The van der Waals surface area contributed by atoms with Gasteiger partial charge in [-0.2, -0.15) is 0 Å². The molecule has 0 heterocycles. The molecule has 1 unspecified atom stereocenters. The first-order chi connectivity index (χ1) is 10.1. The van der Waals surface area contributed by atoms with Gasteiger partial charge in [0.25, 0.3) is 0 Å². The molecule has 0 amide bonds. The van der Waals surface area contributed by atoms with Crippen molar-refractivity contribution in [2.45, 2.75) is 12.0 Å². The molecule has 21 heavy (non-hydrogen) atoms. The minimum Gasteiger partial charge on any atom is -0.480 e. The minimum atomic E-state index is -1.54. The molecule has 0 aliphatic heterocycles. The molecule has 0 bridgehead atoms. The van der Waals surface area contributed by atoms with Crippen molar-refractivity contribution < 1.29 is 24.1 Å². The quantitative estimate of drug-likeness (QED) is 0.592. The van der Waals surface area contributed by atoms with Crippen LogP contribution in [0.3, 0.4) is 0 Å². The van der Waals surface area contributed by atoms with Crippen LogP contribution in [-0.2, 0) is 24.5 Å². The SMILES string of the molecule is COCCCOCCOCC(N)(C(=O)O)c1ccccc1. The van der Waals surface area contributed by atoms with Crippen molar-refractivity contribution in [1.29, 1.82) is 0 Å². The van der Waals surface area contributed by atoms with Gasteiger partial charge in [-0.25, -0.2) is 4.79 Å². The van der Waals surface area contributed by atoms with Gasteiger partial charge in [-0.15, -0.1) is 0 Å². The summed E-state index contributed by atoms with van der Waals surface area (Å²) in [6.07, 6.45) is 0.816. The van der Waals surface area contributed by atoms with Crippen molar-refractivity contribution in [3.63, 3.8) is 0 Å². The Kier molecular flexibility index (Phi) is 7.92. The summed E-state index contributed by atoms with van der Waals surface area (Å²) in [5.41, 5.74) is 4.93. The summed E-state index contributed by atoms with van der Waals surface area (Å²) in [6.45, 7) is 1.83. The fourth-order valence-corrected chi connectivity index (χ4v) is 1.76. The Hall–Kier alpha value is -1.47. The van der Waals surface area contributed by atoms with Gasteiger partial charge in [0.2, 0.25) is 0 Å². The van der Waals surface area contributed by atoms with Crippen LogP contribution in [0, 0.1) is 0 Å². The van der Waals surface area contributed by atoms with Gasteiger partial charge in [0.05, 0.1) is 19.8 Å². The fourth-order valence-electron chi connectivity index (χ4n) is 1.76. The van der Waals surface area contributed by atoms with E-state index in [0.717, 1.165) is 6.42 Å². The number of carboxylic acids is 1. The van der Waals surface area contributed by atoms with Gasteiger partial charge < -0.3 is 25.1 Å². The predicted octanol–water partition coefficient (Wildman–Crippen LogP) is 0.995. The van der Waals surface area contributed by atoms with Gasteiger partial charge in [0.15, 0.2) is 5.54 Å². The molecule has 0 saturated carbocycles. The molecule has 1 aromatic rings. The van der Waals surface area contributed by atoms with Crippen LogP contribution in [0.4, 0.5) is 0 Å². The highest BCUT2D eigenvalue weighted by molar-refractivity contribution is 5.80. The number of benzene rings is 1. The maximum Gasteiger partial charge on any atom is 0.330 e.